The van der Waals surface area contributed by atoms with Crippen molar-refractivity contribution in [2.24, 2.45) is 5.92 Å². The van der Waals surface area contributed by atoms with Gasteiger partial charge in [0.15, 0.2) is 0 Å². The largest absolute Gasteiger partial charge is 0.488 e. The van der Waals surface area contributed by atoms with E-state index in [4.69, 9.17) is 4.74 Å². The number of carbonyl (C=O) groups is 2. The minimum absolute atomic E-state index is 0.0161. The van der Waals surface area contributed by atoms with Crippen LogP contribution < -0.4 is 15.4 Å². The molecule has 4 rings (SSSR count). The number of nitrogens with one attached hydrogen (secondary N) is 2. The molecule has 1 aromatic carbocycles. The highest BCUT2D eigenvalue weighted by Crippen LogP contribution is 2.30. The summed E-state index contributed by atoms with van der Waals surface area (Å²) in [6.07, 6.45) is 4.78. The summed E-state index contributed by atoms with van der Waals surface area (Å²) < 4.78 is 34.2. The molecule has 40 heavy (non-hydrogen) atoms. The molecule has 3 atom stereocenters. The number of thiophene rings is 1. The van der Waals surface area contributed by atoms with Crippen LogP contribution in [-0.2, 0) is 21.2 Å². The molecule has 3 amide bonds. The van der Waals surface area contributed by atoms with Gasteiger partial charge in [0.1, 0.15) is 16.1 Å². The predicted molar refractivity (Wildman–Crippen MR) is 155 cm³/mol. The predicted octanol–water partition coefficient (Wildman–Crippen LogP) is 3.67. The molecule has 1 aliphatic carbocycles. The summed E-state index contributed by atoms with van der Waals surface area (Å²) in [6, 6.07) is 7.89. The second-order valence-electron chi connectivity index (χ2n) is 10.9. The molecule has 0 unspecified atom stereocenters. The third kappa shape index (κ3) is 7.34. The first-order chi connectivity index (χ1) is 19.1. The van der Waals surface area contributed by atoms with Crippen LogP contribution in [0.25, 0.3) is 0 Å². The zero-order valence-corrected chi connectivity index (χ0v) is 25.0. The van der Waals surface area contributed by atoms with Gasteiger partial charge in [0.05, 0.1) is 25.6 Å². The van der Waals surface area contributed by atoms with Crippen LogP contribution in [0.3, 0.4) is 0 Å². The molecule has 220 valence electrons. The van der Waals surface area contributed by atoms with Crippen molar-refractivity contribution in [1.82, 2.24) is 14.5 Å². The number of aliphatic hydroxyl groups is 1. The molecule has 2 aromatic rings. The Morgan fingerprint density at radius 1 is 1.25 bits per heavy atom. The number of likely N-dealkylation sites (N-methyl/N-ethyl adjacent to an activating group) is 1. The molecule has 12 heteroatoms. The molecule has 2 heterocycles. The number of nitrogens with zero attached hydrogens (tertiary/aromatic N) is 2. The Bertz CT molecular complexity index is 1260. The van der Waals surface area contributed by atoms with Crippen LogP contribution in [-0.4, -0.2) is 79.6 Å². The van der Waals surface area contributed by atoms with Crippen molar-refractivity contribution in [1.29, 1.82) is 0 Å². The maximum absolute atomic E-state index is 13.4. The Hall–Kier alpha value is -2.67. The van der Waals surface area contributed by atoms with Gasteiger partial charge in [-0.1, -0.05) is 32.3 Å². The first-order valence-corrected chi connectivity index (χ1v) is 16.2. The van der Waals surface area contributed by atoms with Gasteiger partial charge in [0, 0.05) is 36.8 Å². The monoisotopic (exact) mass is 592 g/mol. The lowest BCUT2D eigenvalue weighted by molar-refractivity contribution is -0.134. The molecule has 2 aliphatic rings. The van der Waals surface area contributed by atoms with Gasteiger partial charge in [0.25, 0.3) is 10.0 Å². The Morgan fingerprint density at radius 2 is 2.00 bits per heavy atom. The van der Waals surface area contributed by atoms with Crippen LogP contribution >= 0.6 is 11.3 Å². The summed E-state index contributed by atoms with van der Waals surface area (Å²) in [7, 11) is -2.18. The lowest BCUT2D eigenvalue weighted by Gasteiger charge is -2.33. The first kappa shape index (κ1) is 30.3. The van der Waals surface area contributed by atoms with E-state index in [1.807, 2.05) is 6.92 Å². The van der Waals surface area contributed by atoms with Gasteiger partial charge in [-0.05, 0) is 49.4 Å². The maximum atomic E-state index is 13.4. The van der Waals surface area contributed by atoms with Gasteiger partial charge in [-0.25, -0.2) is 13.2 Å². The lowest BCUT2D eigenvalue weighted by Crippen LogP contribution is -2.48. The fraction of sp³-hybridized carbons (Fsp3) is 0.571. The minimum Gasteiger partial charge on any atom is -0.488 e. The standard InChI is InChI=1S/C28H40N4O6S2/c1-19-16-32(20(2)18-33)26(34)15-21-14-23(30-28(35)29-22-8-5-4-6-9-22)11-12-24(21)38-25(19)17-31(3)40(36,37)27-10-7-13-39-27/h7,10-14,19-20,22,25,33H,4-6,8-9,15-18H2,1-3H3,(H2,29,30,35)/t19-,20+,25-/m0/s1. The number of rotatable bonds is 8. The quantitative estimate of drug-likeness (QED) is 0.429. The summed E-state index contributed by atoms with van der Waals surface area (Å²) in [6.45, 7) is 3.85. The SMILES string of the molecule is C[C@H](CO)N1C[C@H](C)[C@H](CN(C)S(=O)(=O)c2cccs2)Oc2ccc(NC(=O)NC3CCCCC3)cc2CC1=O. The summed E-state index contributed by atoms with van der Waals surface area (Å²) >= 11 is 1.15. The number of aliphatic hydroxyl groups excluding tert-OH is 1. The average molecular weight is 593 g/mol. The fourth-order valence-electron chi connectivity index (χ4n) is 5.24. The van der Waals surface area contributed by atoms with Gasteiger partial charge in [-0.3, -0.25) is 4.79 Å². The molecule has 1 aliphatic heterocycles. The second kappa shape index (κ2) is 13.3. The van der Waals surface area contributed by atoms with Gasteiger partial charge in [-0.2, -0.15) is 4.31 Å². The molecule has 3 N–H and O–H groups in total. The number of amides is 3. The summed E-state index contributed by atoms with van der Waals surface area (Å²) in [5, 5.41) is 17.5. The zero-order chi connectivity index (χ0) is 28.9. The Morgan fingerprint density at radius 3 is 2.67 bits per heavy atom. The molecular weight excluding hydrogens is 552 g/mol. The van der Waals surface area contributed by atoms with Crippen molar-refractivity contribution < 1.29 is 27.9 Å². The molecule has 1 aromatic heterocycles. The van der Waals surface area contributed by atoms with Crippen LogP contribution in [0.5, 0.6) is 5.75 Å². The van der Waals surface area contributed by atoms with Gasteiger partial charge in [-0.15, -0.1) is 11.3 Å². The van der Waals surface area contributed by atoms with E-state index in [9.17, 15) is 23.1 Å². The van der Waals surface area contributed by atoms with Crippen molar-refractivity contribution >= 4 is 39.0 Å². The fourth-order valence-corrected chi connectivity index (χ4v) is 7.62. The van der Waals surface area contributed by atoms with E-state index in [1.165, 1.54) is 17.8 Å². The minimum atomic E-state index is -3.71. The smallest absolute Gasteiger partial charge is 0.319 e. The van der Waals surface area contributed by atoms with E-state index in [0.29, 0.717) is 23.5 Å². The molecule has 1 fully saturated rings. The first-order valence-electron chi connectivity index (χ1n) is 13.9. The molecule has 0 saturated heterocycles. The summed E-state index contributed by atoms with van der Waals surface area (Å²) in [4.78, 5) is 27.7. The topological polar surface area (TPSA) is 128 Å². The van der Waals surface area contributed by atoms with E-state index in [0.717, 1.165) is 37.0 Å². The summed E-state index contributed by atoms with van der Waals surface area (Å²) in [5.41, 5.74) is 1.12. The van der Waals surface area contributed by atoms with E-state index >= 15 is 0 Å². The van der Waals surface area contributed by atoms with Gasteiger partial charge in [0.2, 0.25) is 5.91 Å². The van der Waals surface area contributed by atoms with Crippen molar-refractivity contribution in [3.63, 3.8) is 0 Å². The van der Waals surface area contributed by atoms with E-state index in [-0.39, 0.29) is 47.7 Å². The van der Waals surface area contributed by atoms with Crippen molar-refractivity contribution in [2.75, 3.05) is 32.1 Å². The van der Waals surface area contributed by atoms with Crippen molar-refractivity contribution in [3.05, 3.63) is 41.3 Å². The summed E-state index contributed by atoms with van der Waals surface area (Å²) in [5.74, 6) is 0.0371. The highest BCUT2D eigenvalue weighted by molar-refractivity contribution is 7.91. The maximum Gasteiger partial charge on any atom is 0.319 e. The average Bonchev–Trinajstić information content (AvgIpc) is 3.49. The number of benzene rings is 1. The number of ether oxygens (including phenoxy) is 1. The van der Waals surface area contributed by atoms with Crippen LogP contribution in [0, 0.1) is 5.92 Å². The van der Waals surface area contributed by atoms with Crippen LogP contribution in [0.4, 0.5) is 10.5 Å². The number of hydrogen-bond donors (Lipinski definition) is 3. The molecular formula is C28H40N4O6S2. The Kier molecular flexibility index (Phi) is 10.1. The second-order valence-corrected chi connectivity index (χ2v) is 14.1. The van der Waals surface area contributed by atoms with Crippen LogP contribution in [0.1, 0.15) is 51.5 Å². The number of sulfonamides is 1. The molecule has 0 spiro atoms. The number of carbonyl (C=O) groups excluding carboxylic acids is 2. The third-order valence-corrected chi connectivity index (χ3v) is 10.9. The van der Waals surface area contributed by atoms with E-state index in [2.05, 4.69) is 10.6 Å². The molecule has 0 bridgehead atoms. The molecule has 0 radical (unpaired) electrons. The lowest BCUT2D eigenvalue weighted by atomic mass is 9.96. The van der Waals surface area contributed by atoms with E-state index < -0.39 is 22.2 Å². The number of urea groups is 1. The van der Waals surface area contributed by atoms with Crippen LogP contribution in [0.2, 0.25) is 0 Å². The zero-order valence-electron chi connectivity index (χ0n) is 23.3. The number of anilines is 1. The third-order valence-electron chi connectivity index (χ3n) is 7.71. The van der Waals surface area contributed by atoms with Gasteiger partial charge >= 0.3 is 6.03 Å². The highest BCUT2D eigenvalue weighted by atomic mass is 32.2. The number of hydrogen-bond acceptors (Lipinski definition) is 7. The highest BCUT2D eigenvalue weighted by Gasteiger charge is 2.33. The van der Waals surface area contributed by atoms with E-state index in [1.54, 1.807) is 47.5 Å². The molecule has 1 saturated carbocycles. The Balaban J connectivity index is 1.58. The Labute approximate surface area is 240 Å². The van der Waals surface area contributed by atoms with Gasteiger partial charge < -0.3 is 25.4 Å². The van der Waals surface area contributed by atoms with Crippen molar-refractivity contribution in [3.8, 4) is 5.75 Å². The van der Waals surface area contributed by atoms with Crippen LogP contribution in [0.15, 0.2) is 39.9 Å². The van der Waals surface area contributed by atoms with Crippen molar-refractivity contribution in [2.45, 2.75) is 74.8 Å². The normalized spacial score (nSPS) is 21.5. The number of fused-ring (bicyclic) bond motifs is 1. The molecule has 10 nitrogen and oxygen atoms in total.